The second-order valence-electron chi connectivity index (χ2n) is 9.65. The third-order valence-electron chi connectivity index (χ3n) is 7.66. The summed E-state index contributed by atoms with van der Waals surface area (Å²) in [6, 6.07) is 16.2. The van der Waals surface area contributed by atoms with Gasteiger partial charge in [-0.2, -0.15) is 0 Å². The third kappa shape index (κ3) is 3.64. The van der Waals surface area contributed by atoms with Crippen molar-refractivity contribution in [1.29, 1.82) is 0 Å². The summed E-state index contributed by atoms with van der Waals surface area (Å²) in [5.74, 6) is -1.17. The molecule has 2 heterocycles. The number of halogens is 2. The minimum Gasteiger partial charge on any atom is -0.481 e. The molecule has 1 aromatic heterocycles. The number of benzene rings is 3. The molecule has 6 heteroatoms. The van der Waals surface area contributed by atoms with Crippen LogP contribution in [-0.4, -0.2) is 29.1 Å². The van der Waals surface area contributed by atoms with Crippen molar-refractivity contribution in [3.05, 3.63) is 82.9 Å². The van der Waals surface area contributed by atoms with Gasteiger partial charge in [-0.25, -0.2) is 8.78 Å². The van der Waals surface area contributed by atoms with Crippen molar-refractivity contribution < 1.29 is 23.1 Å². The second-order valence-corrected chi connectivity index (χ2v) is 9.65. The fourth-order valence-electron chi connectivity index (χ4n) is 5.85. The van der Waals surface area contributed by atoms with Crippen LogP contribution in [0.2, 0.25) is 0 Å². The van der Waals surface area contributed by atoms with Gasteiger partial charge in [0.05, 0.1) is 5.92 Å². The van der Waals surface area contributed by atoms with Crippen molar-refractivity contribution in [2.75, 3.05) is 13.1 Å². The molecule has 2 atom stereocenters. The number of likely N-dealkylation sites (tertiary alicyclic amines) is 1. The summed E-state index contributed by atoms with van der Waals surface area (Å²) in [7, 11) is 0. The van der Waals surface area contributed by atoms with Gasteiger partial charge in [0.15, 0.2) is 11.4 Å². The zero-order valence-electron chi connectivity index (χ0n) is 19.4. The molecule has 4 nitrogen and oxygen atoms in total. The molecule has 0 bridgehead atoms. The van der Waals surface area contributed by atoms with Crippen LogP contribution in [0.5, 0.6) is 0 Å². The van der Waals surface area contributed by atoms with E-state index in [0.717, 1.165) is 34.2 Å². The first kappa shape index (κ1) is 22.0. The topological polar surface area (TPSA) is 53.7 Å². The van der Waals surface area contributed by atoms with E-state index >= 15 is 4.39 Å². The minimum atomic E-state index is -0.761. The van der Waals surface area contributed by atoms with E-state index in [1.165, 1.54) is 12.1 Å². The quantitative estimate of drug-likeness (QED) is 0.356. The van der Waals surface area contributed by atoms with Gasteiger partial charge in [-0.3, -0.25) is 9.69 Å². The number of aliphatic carboxylic acids is 1. The summed E-state index contributed by atoms with van der Waals surface area (Å²) in [6.45, 7) is 3.17. The number of hydrogen-bond acceptors (Lipinski definition) is 3. The monoisotopic (exact) mass is 473 g/mol. The van der Waals surface area contributed by atoms with Gasteiger partial charge >= 0.3 is 5.97 Å². The summed E-state index contributed by atoms with van der Waals surface area (Å²) in [6.07, 6.45) is 2.02. The van der Waals surface area contributed by atoms with Crippen molar-refractivity contribution in [2.24, 2.45) is 5.92 Å². The Labute approximate surface area is 201 Å². The normalized spacial score (nSPS) is 20.0. The Morgan fingerprint density at radius 2 is 1.86 bits per heavy atom. The van der Waals surface area contributed by atoms with Crippen LogP contribution in [0.3, 0.4) is 0 Å². The molecule has 0 spiro atoms. The zero-order chi connectivity index (χ0) is 24.3. The van der Waals surface area contributed by atoms with Gasteiger partial charge in [0.1, 0.15) is 11.6 Å². The molecule has 1 aliphatic heterocycles. The van der Waals surface area contributed by atoms with E-state index in [1.54, 1.807) is 6.07 Å². The van der Waals surface area contributed by atoms with Crippen LogP contribution >= 0.6 is 0 Å². The number of carbonyl (C=O) groups is 1. The van der Waals surface area contributed by atoms with Crippen molar-refractivity contribution in [3.8, 4) is 22.5 Å². The zero-order valence-corrected chi connectivity index (χ0v) is 19.4. The molecule has 3 aromatic carbocycles. The standard InChI is InChI=1S/C29H25F2NO3/c1-16-21(17-4-2-5-20(30)12-17)6-3-7-22(16)26-14-19-13-24-23(27(31)28(19)35-26)8-9-25(24)32-11-10-18(15-32)29(33)34/h2-7,12-14,18,25H,8-11,15H2,1H3,(H,33,34)/t18-,25-/m1/s1. The molecule has 0 unspecified atom stereocenters. The molecule has 1 aliphatic carbocycles. The van der Waals surface area contributed by atoms with Crippen LogP contribution in [0.25, 0.3) is 33.4 Å². The molecule has 1 fully saturated rings. The summed E-state index contributed by atoms with van der Waals surface area (Å²) >= 11 is 0. The lowest BCUT2D eigenvalue weighted by Crippen LogP contribution is -2.26. The van der Waals surface area contributed by atoms with Crippen LogP contribution in [0, 0.1) is 24.5 Å². The van der Waals surface area contributed by atoms with Crippen molar-refractivity contribution in [1.82, 2.24) is 4.90 Å². The van der Waals surface area contributed by atoms with Crippen molar-refractivity contribution in [3.63, 3.8) is 0 Å². The lowest BCUT2D eigenvalue weighted by Gasteiger charge is -2.24. The largest absolute Gasteiger partial charge is 0.481 e. The highest BCUT2D eigenvalue weighted by atomic mass is 19.1. The molecule has 2 aliphatic rings. The first-order valence-corrected chi connectivity index (χ1v) is 12.0. The fraction of sp³-hybridized carbons (Fsp3) is 0.276. The van der Waals surface area contributed by atoms with Crippen LogP contribution < -0.4 is 0 Å². The highest BCUT2D eigenvalue weighted by molar-refractivity contribution is 5.87. The maximum Gasteiger partial charge on any atom is 0.307 e. The number of rotatable bonds is 4. The molecule has 1 saturated heterocycles. The highest BCUT2D eigenvalue weighted by Gasteiger charge is 2.37. The summed E-state index contributed by atoms with van der Waals surface area (Å²) in [4.78, 5) is 13.6. The van der Waals surface area contributed by atoms with Gasteiger partial charge in [-0.1, -0.05) is 30.3 Å². The van der Waals surface area contributed by atoms with Gasteiger partial charge in [0.25, 0.3) is 0 Å². The van der Waals surface area contributed by atoms with Gasteiger partial charge < -0.3 is 9.52 Å². The Kier molecular flexibility index (Phi) is 5.22. The minimum absolute atomic E-state index is 0.0321. The Morgan fingerprint density at radius 1 is 1.06 bits per heavy atom. The molecule has 35 heavy (non-hydrogen) atoms. The van der Waals surface area contributed by atoms with Gasteiger partial charge in [0, 0.05) is 23.5 Å². The first-order chi connectivity index (χ1) is 16.9. The second kappa shape index (κ2) is 8.31. The van der Waals surface area contributed by atoms with E-state index in [-0.39, 0.29) is 29.2 Å². The van der Waals surface area contributed by atoms with Crippen LogP contribution in [0.15, 0.2) is 59.0 Å². The predicted octanol–water partition coefficient (Wildman–Crippen LogP) is 6.75. The van der Waals surface area contributed by atoms with E-state index in [9.17, 15) is 14.3 Å². The predicted molar refractivity (Wildman–Crippen MR) is 130 cm³/mol. The maximum atomic E-state index is 15.6. The molecule has 6 rings (SSSR count). The number of furan rings is 1. The van der Waals surface area contributed by atoms with Crippen molar-refractivity contribution >= 4 is 16.9 Å². The van der Waals surface area contributed by atoms with Crippen molar-refractivity contribution in [2.45, 2.75) is 32.2 Å². The Bertz CT molecular complexity index is 1470. The number of nitrogens with zero attached hydrogens (tertiary/aromatic N) is 1. The molecule has 0 saturated carbocycles. The summed E-state index contributed by atoms with van der Waals surface area (Å²) in [5.41, 5.74) is 5.31. The average Bonchev–Trinajstić information content (AvgIpc) is 3.57. The highest BCUT2D eigenvalue weighted by Crippen LogP contribution is 2.44. The molecule has 4 aromatic rings. The lowest BCUT2D eigenvalue weighted by molar-refractivity contribution is -0.141. The summed E-state index contributed by atoms with van der Waals surface area (Å²) in [5, 5.41) is 10.1. The van der Waals surface area contributed by atoms with Gasteiger partial charge in [-0.15, -0.1) is 0 Å². The number of hydrogen-bond donors (Lipinski definition) is 1. The Hall–Kier alpha value is -3.51. The molecule has 178 valence electrons. The van der Waals surface area contributed by atoms with Crippen LogP contribution in [0.1, 0.15) is 35.6 Å². The van der Waals surface area contributed by atoms with E-state index in [0.29, 0.717) is 42.6 Å². The van der Waals surface area contributed by atoms with Gasteiger partial charge in [0.2, 0.25) is 0 Å². The maximum absolute atomic E-state index is 15.6. The van der Waals surface area contributed by atoms with Crippen LogP contribution in [0.4, 0.5) is 8.78 Å². The van der Waals surface area contributed by atoms with Gasteiger partial charge in [-0.05, 0) is 84.8 Å². The third-order valence-corrected chi connectivity index (χ3v) is 7.66. The van der Waals surface area contributed by atoms with Crippen LogP contribution in [-0.2, 0) is 11.2 Å². The van der Waals surface area contributed by atoms with E-state index in [4.69, 9.17) is 4.42 Å². The Morgan fingerprint density at radius 3 is 2.63 bits per heavy atom. The van der Waals surface area contributed by atoms with E-state index < -0.39 is 5.97 Å². The summed E-state index contributed by atoms with van der Waals surface area (Å²) < 4.78 is 35.5. The lowest BCUT2D eigenvalue weighted by atomic mass is 9.95. The molecule has 1 N–H and O–H groups in total. The molecule has 0 radical (unpaired) electrons. The SMILES string of the molecule is Cc1c(-c2cccc(F)c2)cccc1-c1cc2cc3c(c(F)c2o1)CC[C@H]3N1CC[C@@H](C(=O)O)C1. The molecular weight excluding hydrogens is 448 g/mol. The average molecular weight is 474 g/mol. The van der Waals surface area contributed by atoms with E-state index in [1.807, 2.05) is 43.3 Å². The Balaban J connectivity index is 1.39. The number of carboxylic acid groups (broad SMARTS) is 1. The fourth-order valence-corrected chi connectivity index (χ4v) is 5.85. The van der Waals surface area contributed by atoms with E-state index in [2.05, 4.69) is 4.90 Å². The molecular formula is C29H25F2NO3. The smallest absolute Gasteiger partial charge is 0.307 e. The number of fused-ring (bicyclic) bond motifs is 2. The number of carboxylic acids is 1. The first-order valence-electron chi connectivity index (χ1n) is 12.0. The molecule has 0 amide bonds.